The molecule has 0 aromatic heterocycles. The van der Waals surface area contributed by atoms with E-state index < -0.39 is 6.10 Å². The van der Waals surface area contributed by atoms with Crippen LogP contribution >= 0.6 is 0 Å². The number of esters is 1. The molecular weight excluding hydrogens is 310 g/mol. The molecule has 0 radical (unpaired) electrons. The fraction of sp³-hybridized carbons (Fsp3) is 0.889. The third-order valence-electron chi connectivity index (χ3n) is 4.89. The molecule has 0 saturated carbocycles. The molecule has 0 amide bonds. The number of likely N-dealkylation sites (tertiary alicyclic amines) is 1. The van der Waals surface area contributed by atoms with Crippen LogP contribution in [0.5, 0.6) is 0 Å². The van der Waals surface area contributed by atoms with E-state index in [9.17, 15) is 14.7 Å². The highest BCUT2D eigenvalue weighted by Crippen LogP contribution is 2.37. The number of piperidine rings is 1. The first kappa shape index (κ1) is 21.1. The molecule has 0 bridgehead atoms. The maximum Gasteiger partial charge on any atom is 0.306 e. The normalized spacial score (nSPS) is 22.1. The molecule has 1 N–H and O–H groups in total. The maximum atomic E-state index is 11.8. The molecule has 1 aliphatic heterocycles. The lowest BCUT2D eigenvalue weighted by Crippen LogP contribution is -2.62. The van der Waals surface area contributed by atoms with E-state index in [4.69, 9.17) is 9.47 Å². The molecule has 0 aromatic carbocycles. The number of rotatable bonds is 8. The van der Waals surface area contributed by atoms with E-state index in [0.29, 0.717) is 19.4 Å². The molecule has 1 aliphatic rings. The highest BCUT2D eigenvalue weighted by molar-refractivity contribution is 5.86. The number of hydrogen-bond donors (Lipinski definition) is 1. The van der Waals surface area contributed by atoms with Gasteiger partial charge in [0.1, 0.15) is 12.7 Å². The Balaban J connectivity index is 2.43. The lowest BCUT2D eigenvalue weighted by molar-refractivity contribution is -0.148. The standard InChI is InChI=1S/C18H33NO5/c1-13(23-6)15(21)7-8-16(22)24-10-9-19-17(2,3)11-14(20)12-18(19,4)5/h13-14,20H,7-12H2,1-6H3. The summed E-state index contributed by atoms with van der Waals surface area (Å²) in [5.74, 6) is -0.457. The third-order valence-corrected chi connectivity index (χ3v) is 4.89. The average Bonchev–Trinajstić information content (AvgIpc) is 2.45. The molecule has 1 fully saturated rings. The molecule has 1 rings (SSSR count). The lowest BCUT2D eigenvalue weighted by atomic mass is 9.78. The van der Waals surface area contributed by atoms with Crippen molar-refractivity contribution < 1.29 is 24.2 Å². The first-order chi connectivity index (χ1) is 11.0. The SMILES string of the molecule is COC(C)C(=O)CCC(=O)OCCN1C(C)(C)CC(O)CC1(C)C. The van der Waals surface area contributed by atoms with Crippen molar-refractivity contribution in [3.63, 3.8) is 0 Å². The fourth-order valence-electron chi connectivity index (χ4n) is 3.75. The molecule has 1 saturated heterocycles. The van der Waals surface area contributed by atoms with Gasteiger partial charge in [-0.2, -0.15) is 0 Å². The van der Waals surface area contributed by atoms with Crippen LogP contribution in [0.2, 0.25) is 0 Å². The quantitative estimate of drug-likeness (QED) is 0.679. The Labute approximate surface area is 145 Å². The van der Waals surface area contributed by atoms with Crippen molar-refractivity contribution in [3.8, 4) is 0 Å². The summed E-state index contributed by atoms with van der Waals surface area (Å²) in [6.07, 6.45) is 0.835. The van der Waals surface area contributed by atoms with Crippen LogP contribution in [-0.2, 0) is 19.1 Å². The van der Waals surface area contributed by atoms with Gasteiger partial charge in [0.25, 0.3) is 0 Å². The summed E-state index contributed by atoms with van der Waals surface area (Å²) in [6, 6.07) is 0. The Bertz CT molecular complexity index is 429. The number of nitrogens with zero attached hydrogens (tertiary/aromatic N) is 1. The fourth-order valence-corrected chi connectivity index (χ4v) is 3.75. The third kappa shape index (κ3) is 5.83. The van der Waals surface area contributed by atoms with Crippen LogP contribution in [0.15, 0.2) is 0 Å². The van der Waals surface area contributed by atoms with E-state index in [1.54, 1.807) is 6.92 Å². The summed E-state index contributed by atoms with van der Waals surface area (Å²) in [5, 5.41) is 10.0. The first-order valence-corrected chi connectivity index (χ1v) is 8.66. The van der Waals surface area contributed by atoms with Gasteiger partial charge in [0, 0.05) is 31.2 Å². The molecule has 1 heterocycles. The second kappa shape index (κ2) is 8.41. The number of methoxy groups -OCH3 is 1. The van der Waals surface area contributed by atoms with Gasteiger partial charge in [-0.3, -0.25) is 14.5 Å². The van der Waals surface area contributed by atoms with Gasteiger partial charge in [-0.15, -0.1) is 0 Å². The van der Waals surface area contributed by atoms with E-state index in [2.05, 4.69) is 32.6 Å². The summed E-state index contributed by atoms with van der Waals surface area (Å²) in [4.78, 5) is 25.7. The van der Waals surface area contributed by atoms with Crippen LogP contribution in [0.25, 0.3) is 0 Å². The van der Waals surface area contributed by atoms with Crippen molar-refractivity contribution >= 4 is 11.8 Å². The van der Waals surface area contributed by atoms with Crippen LogP contribution in [0.4, 0.5) is 0 Å². The van der Waals surface area contributed by atoms with Crippen LogP contribution in [-0.4, -0.2) is 65.3 Å². The second-order valence-electron chi connectivity index (χ2n) is 7.90. The van der Waals surface area contributed by atoms with Gasteiger partial charge in [0.05, 0.1) is 12.5 Å². The summed E-state index contributed by atoms with van der Waals surface area (Å²) < 4.78 is 10.2. The number of ether oxygens (including phenoxy) is 2. The van der Waals surface area contributed by atoms with Crippen LogP contribution in [0.3, 0.4) is 0 Å². The number of ketones is 1. The zero-order valence-corrected chi connectivity index (χ0v) is 15.9. The minimum absolute atomic E-state index is 0.0814. The molecule has 0 spiro atoms. The van der Waals surface area contributed by atoms with Gasteiger partial charge in [0.15, 0.2) is 5.78 Å². The zero-order chi connectivity index (χ0) is 18.5. The van der Waals surface area contributed by atoms with Gasteiger partial charge in [-0.25, -0.2) is 0 Å². The minimum Gasteiger partial charge on any atom is -0.464 e. The van der Waals surface area contributed by atoms with Gasteiger partial charge in [-0.05, 0) is 47.5 Å². The highest BCUT2D eigenvalue weighted by atomic mass is 16.5. The lowest BCUT2D eigenvalue weighted by Gasteiger charge is -2.54. The van der Waals surface area contributed by atoms with E-state index in [0.717, 1.165) is 0 Å². The number of aliphatic hydroxyl groups excluding tert-OH is 1. The Morgan fingerprint density at radius 1 is 1.17 bits per heavy atom. The molecule has 6 nitrogen and oxygen atoms in total. The Kier molecular flexibility index (Phi) is 7.38. The predicted octanol–water partition coefficient (Wildman–Crippen LogP) is 1.93. The molecule has 24 heavy (non-hydrogen) atoms. The zero-order valence-electron chi connectivity index (χ0n) is 15.9. The topological polar surface area (TPSA) is 76.1 Å². The summed E-state index contributed by atoms with van der Waals surface area (Å²) in [7, 11) is 1.47. The Morgan fingerprint density at radius 2 is 1.71 bits per heavy atom. The van der Waals surface area contributed by atoms with Gasteiger partial charge in [-0.1, -0.05) is 0 Å². The van der Waals surface area contributed by atoms with E-state index in [-0.39, 0.29) is 48.4 Å². The molecule has 0 aliphatic carbocycles. The monoisotopic (exact) mass is 343 g/mol. The van der Waals surface area contributed by atoms with E-state index >= 15 is 0 Å². The van der Waals surface area contributed by atoms with Crippen LogP contribution in [0.1, 0.15) is 60.3 Å². The van der Waals surface area contributed by atoms with Gasteiger partial charge >= 0.3 is 5.97 Å². The largest absolute Gasteiger partial charge is 0.464 e. The highest BCUT2D eigenvalue weighted by Gasteiger charge is 2.44. The van der Waals surface area contributed by atoms with E-state index in [1.807, 2.05) is 0 Å². The first-order valence-electron chi connectivity index (χ1n) is 8.66. The van der Waals surface area contributed by atoms with Crippen molar-refractivity contribution in [3.05, 3.63) is 0 Å². The Morgan fingerprint density at radius 3 is 2.21 bits per heavy atom. The predicted molar refractivity (Wildman–Crippen MR) is 91.8 cm³/mol. The van der Waals surface area contributed by atoms with Crippen molar-refractivity contribution in [2.24, 2.45) is 0 Å². The van der Waals surface area contributed by atoms with Gasteiger partial charge < -0.3 is 14.6 Å². The molecule has 6 heteroatoms. The van der Waals surface area contributed by atoms with E-state index in [1.165, 1.54) is 7.11 Å². The summed E-state index contributed by atoms with van der Waals surface area (Å²) in [5.41, 5.74) is -0.311. The van der Waals surface area contributed by atoms with Crippen molar-refractivity contribution in [1.29, 1.82) is 0 Å². The molecule has 0 aromatic rings. The number of hydrogen-bond acceptors (Lipinski definition) is 6. The number of carbonyl (C=O) groups is 2. The number of aliphatic hydroxyl groups is 1. The van der Waals surface area contributed by atoms with Gasteiger partial charge in [0.2, 0.25) is 0 Å². The summed E-state index contributed by atoms with van der Waals surface area (Å²) >= 11 is 0. The molecule has 140 valence electrons. The maximum absolute atomic E-state index is 11.8. The average molecular weight is 343 g/mol. The number of carbonyl (C=O) groups excluding carboxylic acids is 2. The molecular formula is C18H33NO5. The van der Waals surface area contributed by atoms with Crippen molar-refractivity contribution in [1.82, 2.24) is 4.90 Å². The summed E-state index contributed by atoms with van der Waals surface area (Å²) in [6.45, 7) is 11.0. The van der Waals surface area contributed by atoms with Crippen LogP contribution < -0.4 is 0 Å². The number of Topliss-reactive ketones (excluding diaryl/α,β-unsaturated/α-hetero) is 1. The minimum atomic E-state index is -0.487. The molecule has 1 atom stereocenters. The van der Waals surface area contributed by atoms with Crippen LogP contribution in [0, 0.1) is 0 Å². The second-order valence-corrected chi connectivity index (χ2v) is 7.90. The molecule has 1 unspecified atom stereocenters. The van der Waals surface area contributed by atoms with Crippen molar-refractivity contribution in [2.75, 3.05) is 20.3 Å². The smallest absolute Gasteiger partial charge is 0.306 e. The van der Waals surface area contributed by atoms with Crippen molar-refractivity contribution in [2.45, 2.75) is 83.6 Å². The Hall–Kier alpha value is -0.980.